The molecule has 1 N–H and O–H groups in total. The Balaban J connectivity index is 1.94. The summed E-state index contributed by atoms with van der Waals surface area (Å²) in [7, 11) is -1.83. The molecule has 0 saturated heterocycles. The molecule has 0 unspecified atom stereocenters. The summed E-state index contributed by atoms with van der Waals surface area (Å²) in [6, 6.07) is 21.2. The number of aryl methyl sites for hydroxylation is 4. The van der Waals surface area contributed by atoms with Gasteiger partial charge in [-0.15, -0.1) is 0 Å². The number of para-hydroxylation sites is 1. The van der Waals surface area contributed by atoms with E-state index < -0.39 is 10.0 Å². The van der Waals surface area contributed by atoms with Gasteiger partial charge in [-0.1, -0.05) is 65.2 Å². The van der Waals surface area contributed by atoms with E-state index in [1.807, 2.05) is 42.8 Å². The third-order valence-corrected chi connectivity index (χ3v) is 6.53. The van der Waals surface area contributed by atoms with Crippen molar-refractivity contribution in [1.82, 2.24) is 4.57 Å². The number of benzene rings is 3. The number of hydrogen-bond acceptors (Lipinski definition) is 2. The monoisotopic (exact) mass is 404 g/mol. The van der Waals surface area contributed by atoms with E-state index >= 15 is 0 Å². The van der Waals surface area contributed by atoms with E-state index in [2.05, 4.69) is 36.8 Å². The fourth-order valence-corrected chi connectivity index (χ4v) is 4.93. The molecule has 5 heteroatoms. The fourth-order valence-electron chi connectivity index (χ4n) is 3.83. The Hall–Kier alpha value is -3.05. The van der Waals surface area contributed by atoms with Crippen molar-refractivity contribution in [2.24, 2.45) is 7.05 Å². The van der Waals surface area contributed by atoms with Crippen molar-refractivity contribution in [3.8, 4) is 11.1 Å². The first-order chi connectivity index (χ1) is 13.8. The van der Waals surface area contributed by atoms with Crippen molar-refractivity contribution < 1.29 is 8.42 Å². The average Bonchev–Trinajstić information content (AvgIpc) is 2.93. The maximum Gasteiger partial charge on any atom is 0.263 e. The van der Waals surface area contributed by atoms with Crippen LogP contribution in [0.1, 0.15) is 16.7 Å². The lowest BCUT2D eigenvalue weighted by atomic mass is 9.99. The molecule has 4 rings (SSSR count). The number of sulfonamides is 1. The number of rotatable bonds is 4. The van der Waals surface area contributed by atoms with Gasteiger partial charge < -0.3 is 4.57 Å². The van der Waals surface area contributed by atoms with Crippen LogP contribution in [0.2, 0.25) is 0 Å². The Kier molecular flexibility index (Phi) is 4.71. The topological polar surface area (TPSA) is 51.1 Å². The highest BCUT2D eigenvalue weighted by atomic mass is 32.2. The SMILES string of the molecule is Cc1ccc(S(=O)(=O)Nc2c(-c3cc(C)cc(C)c3)c3ccccc3n2C)cc1. The molecule has 1 heterocycles. The van der Waals surface area contributed by atoms with Crippen LogP contribution < -0.4 is 4.72 Å². The molecule has 0 aliphatic heterocycles. The zero-order chi connectivity index (χ0) is 20.8. The largest absolute Gasteiger partial charge is 0.329 e. The van der Waals surface area contributed by atoms with Gasteiger partial charge in [0.1, 0.15) is 5.82 Å². The first-order valence-corrected chi connectivity index (χ1v) is 11.0. The smallest absolute Gasteiger partial charge is 0.263 e. The van der Waals surface area contributed by atoms with Crippen molar-refractivity contribution >= 4 is 26.7 Å². The second kappa shape index (κ2) is 7.08. The van der Waals surface area contributed by atoms with Gasteiger partial charge in [0.15, 0.2) is 0 Å². The van der Waals surface area contributed by atoms with Crippen molar-refractivity contribution in [3.63, 3.8) is 0 Å². The van der Waals surface area contributed by atoms with E-state index in [1.54, 1.807) is 24.3 Å². The number of hydrogen-bond donors (Lipinski definition) is 1. The minimum Gasteiger partial charge on any atom is -0.329 e. The number of nitrogens with one attached hydrogen (secondary N) is 1. The highest BCUT2D eigenvalue weighted by Gasteiger charge is 2.22. The Morgan fingerprint density at radius 1 is 0.793 bits per heavy atom. The zero-order valence-electron chi connectivity index (χ0n) is 17.0. The summed E-state index contributed by atoms with van der Waals surface area (Å²) in [5.41, 5.74) is 6.17. The van der Waals surface area contributed by atoms with Gasteiger partial charge in [0.2, 0.25) is 0 Å². The molecular formula is C24H24N2O2S. The molecule has 0 amide bonds. The van der Waals surface area contributed by atoms with Gasteiger partial charge >= 0.3 is 0 Å². The van der Waals surface area contributed by atoms with Gasteiger partial charge in [0.05, 0.1) is 10.4 Å². The summed E-state index contributed by atoms with van der Waals surface area (Å²) < 4.78 is 31.0. The van der Waals surface area contributed by atoms with Gasteiger partial charge in [0, 0.05) is 18.0 Å². The van der Waals surface area contributed by atoms with Crippen molar-refractivity contribution in [2.75, 3.05) is 4.72 Å². The predicted octanol–water partition coefficient (Wildman–Crippen LogP) is 5.57. The zero-order valence-corrected chi connectivity index (χ0v) is 17.8. The molecule has 0 aliphatic carbocycles. The van der Waals surface area contributed by atoms with Crippen LogP contribution in [-0.4, -0.2) is 13.0 Å². The first kappa shape index (κ1) is 19.3. The average molecular weight is 405 g/mol. The Morgan fingerprint density at radius 3 is 2.07 bits per heavy atom. The molecule has 0 fully saturated rings. The maximum atomic E-state index is 13.1. The fraction of sp³-hybridized carbons (Fsp3) is 0.167. The Bertz CT molecular complexity index is 1300. The molecule has 0 aliphatic rings. The minimum atomic E-state index is -3.72. The molecule has 148 valence electrons. The Labute approximate surface area is 171 Å². The summed E-state index contributed by atoms with van der Waals surface area (Å²) in [5.74, 6) is 0.566. The maximum absolute atomic E-state index is 13.1. The number of nitrogens with zero attached hydrogens (tertiary/aromatic N) is 1. The van der Waals surface area contributed by atoms with Gasteiger partial charge in [-0.3, -0.25) is 4.72 Å². The van der Waals surface area contributed by atoms with Gasteiger partial charge in [-0.2, -0.15) is 0 Å². The number of anilines is 1. The molecule has 0 bridgehead atoms. The van der Waals surface area contributed by atoms with E-state index in [-0.39, 0.29) is 4.90 Å². The molecule has 0 atom stereocenters. The summed E-state index contributed by atoms with van der Waals surface area (Å²) >= 11 is 0. The number of aromatic nitrogens is 1. The van der Waals surface area contributed by atoms with Crippen molar-refractivity contribution in [2.45, 2.75) is 25.7 Å². The first-order valence-electron chi connectivity index (χ1n) is 9.52. The standard InChI is InChI=1S/C24H24N2O2S/c1-16-9-11-20(12-10-16)29(27,28)25-24-23(19-14-17(2)13-18(3)15-19)21-7-5-6-8-22(21)26(24)4/h5-15,25H,1-4H3. The molecule has 0 saturated carbocycles. The van der Waals surface area contributed by atoms with Crippen LogP contribution in [0.5, 0.6) is 0 Å². The van der Waals surface area contributed by atoms with Crippen LogP contribution in [0.3, 0.4) is 0 Å². The normalized spacial score (nSPS) is 11.7. The molecule has 29 heavy (non-hydrogen) atoms. The highest BCUT2D eigenvalue weighted by molar-refractivity contribution is 7.92. The lowest BCUT2D eigenvalue weighted by Crippen LogP contribution is -2.15. The molecule has 4 nitrogen and oxygen atoms in total. The van der Waals surface area contributed by atoms with Gasteiger partial charge in [-0.25, -0.2) is 8.42 Å². The number of fused-ring (bicyclic) bond motifs is 1. The van der Waals surface area contributed by atoms with Crippen LogP contribution in [0.4, 0.5) is 5.82 Å². The summed E-state index contributed by atoms with van der Waals surface area (Å²) in [6.07, 6.45) is 0. The molecule has 0 radical (unpaired) electrons. The van der Waals surface area contributed by atoms with Crippen LogP contribution in [0.15, 0.2) is 71.6 Å². The third-order valence-electron chi connectivity index (χ3n) is 5.18. The minimum absolute atomic E-state index is 0.250. The van der Waals surface area contributed by atoms with Gasteiger partial charge in [-0.05, 0) is 44.5 Å². The van der Waals surface area contributed by atoms with E-state index in [4.69, 9.17) is 0 Å². The predicted molar refractivity (Wildman–Crippen MR) is 120 cm³/mol. The third kappa shape index (κ3) is 3.54. The van der Waals surface area contributed by atoms with E-state index in [1.165, 1.54) is 0 Å². The lowest BCUT2D eigenvalue weighted by molar-refractivity contribution is 0.600. The van der Waals surface area contributed by atoms with E-state index in [0.717, 1.165) is 38.7 Å². The van der Waals surface area contributed by atoms with Crippen molar-refractivity contribution in [3.05, 3.63) is 83.4 Å². The summed E-state index contributed by atoms with van der Waals surface area (Å²) in [5, 5.41) is 1.02. The van der Waals surface area contributed by atoms with Crippen molar-refractivity contribution in [1.29, 1.82) is 0 Å². The van der Waals surface area contributed by atoms with E-state index in [9.17, 15) is 8.42 Å². The molecule has 1 aromatic heterocycles. The Morgan fingerprint density at radius 2 is 1.41 bits per heavy atom. The molecule has 0 spiro atoms. The van der Waals surface area contributed by atoms with Crippen LogP contribution in [-0.2, 0) is 17.1 Å². The second-order valence-corrected chi connectivity index (χ2v) is 9.28. The molecular weight excluding hydrogens is 380 g/mol. The van der Waals surface area contributed by atoms with E-state index in [0.29, 0.717) is 5.82 Å². The summed E-state index contributed by atoms with van der Waals surface area (Å²) in [4.78, 5) is 0.250. The van der Waals surface area contributed by atoms with Gasteiger partial charge in [0.25, 0.3) is 10.0 Å². The quantitative estimate of drug-likeness (QED) is 0.483. The molecule has 4 aromatic rings. The van der Waals surface area contributed by atoms with Crippen LogP contribution >= 0.6 is 0 Å². The molecule has 3 aromatic carbocycles. The van der Waals surface area contributed by atoms with Crippen LogP contribution in [0, 0.1) is 20.8 Å². The lowest BCUT2D eigenvalue weighted by Gasteiger charge is -2.13. The van der Waals surface area contributed by atoms with Crippen LogP contribution in [0.25, 0.3) is 22.0 Å². The second-order valence-electron chi connectivity index (χ2n) is 7.59. The highest BCUT2D eigenvalue weighted by Crippen LogP contribution is 2.39. The summed E-state index contributed by atoms with van der Waals surface area (Å²) in [6.45, 7) is 6.04.